The summed E-state index contributed by atoms with van der Waals surface area (Å²) >= 11 is 2.94. The van der Waals surface area contributed by atoms with E-state index in [0.29, 0.717) is 28.4 Å². The molecule has 0 aliphatic rings. The first-order valence-electron chi connectivity index (χ1n) is 8.94. The highest BCUT2D eigenvalue weighted by Crippen LogP contribution is 2.32. The minimum absolute atomic E-state index is 0.238. The SMILES string of the molecule is COc1ccc(NC(=O)Cn2nc(-c3cccs3)c3sc(C)nc3c2=O)cc1OC. The Morgan fingerprint density at radius 2 is 2.00 bits per heavy atom. The van der Waals surface area contributed by atoms with Crippen LogP contribution in [0.2, 0.25) is 0 Å². The molecule has 0 aliphatic carbocycles. The van der Waals surface area contributed by atoms with Crippen LogP contribution in [0.5, 0.6) is 11.5 Å². The first-order chi connectivity index (χ1) is 14.5. The van der Waals surface area contributed by atoms with Crippen LogP contribution in [0.3, 0.4) is 0 Å². The topological polar surface area (TPSA) is 95.3 Å². The van der Waals surface area contributed by atoms with E-state index in [2.05, 4.69) is 15.4 Å². The van der Waals surface area contributed by atoms with Gasteiger partial charge in [-0.15, -0.1) is 22.7 Å². The van der Waals surface area contributed by atoms with Crippen molar-refractivity contribution in [3.8, 4) is 22.1 Å². The number of nitrogens with one attached hydrogen (secondary N) is 1. The molecular formula is C20H18N4O4S2. The molecule has 0 radical (unpaired) electrons. The predicted molar refractivity (Wildman–Crippen MR) is 118 cm³/mol. The number of aromatic nitrogens is 3. The maximum atomic E-state index is 12.9. The third kappa shape index (κ3) is 3.79. The molecule has 3 heterocycles. The number of aryl methyl sites for hydroxylation is 1. The van der Waals surface area contributed by atoms with Gasteiger partial charge in [0, 0.05) is 11.8 Å². The van der Waals surface area contributed by atoms with E-state index in [-0.39, 0.29) is 12.5 Å². The standard InChI is InChI=1S/C20H18N4O4S2/c1-11-21-18-19(30-11)17(15-5-4-8-29-15)23-24(20(18)26)10-16(25)22-12-6-7-13(27-2)14(9-12)28-3/h4-9H,10H2,1-3H3,(H,22,25). The highest BCUT2D eigenvalue weighted by atomic mass is 32.1. The number of amides is 1. The van der Waals surface area contributed by atoms with Crippen molar-refractivity contribution in [3.05, 3.63) is 51.1 Å². The number of rotatable bonds is 6. The van der Waals surface area contributed by atoms with Gasteiger partial charge in [0.2, 0.25) is 5.91 Å². The summed E-state index contributed by atoms with van der Waals surface area (Å²) < 4.78 is 12.3. The number of thiophene rings is 1. The number of thiazole rings is 1. The number of benzene rings is 1. The summed E-state index contributed by atoms with van der Waals surface area (Å²) in [7, 11) is 3.06. The summed E-state index contributed by atoms with van der Waals surface area (Å²) in [6.45, 7) is 1.61. The molecule has 8 nitrogen and oxygen atoms in total. The summed E-state index contributed by atoms with van der Waals surface area (Å²) in [5.74, 6) is 0.656. The average Bonchev–Trinajstić information content (AvgIpc) is 3.40. The monoisotopic (exact) mass is 442 g/mol. The van der Waals surface area contributed by atoms with E-state index in [0.717, 1.165) is 19.3 Å². The van der Waals surface area contributed by atoms with Gasteiger partial charge in [-0.2, -0.15) is 5.10 Å². The fourth-order valence-corrected chi connectivity index (χ4v) is 4.69. The molecular weight excluding hydrogens is 424 g/mol. The predicted octanol–water partition coefficient (Wildman–Crippen LogP) is 3.55. The Kier molecular flexibility index (Phi) is 5.51. The molecule has 3 aromatic heterocycles. The van der Waals surface area contributed by atoms with Crippen LogP contribution < -0.4 is 20.3 Å². The number of fused-ring (bicyclic) bond motifs is 1. The fraction of sp³-hybridized carbons (Fsp3) is 0.200. The number of hydrogen-bond acceptors (Lipinski definition) is 8. The van der Waals surface area contributed by atoms with Gasteiger partial charge in [0.05, 0.1) is 28.8 Å². The maximum Gasteiger partial charge on any atom is 0.294 e. The summed E-state index contributed by atoms with van der Waals surface area (Å²) in [5.41, 5.74) is 1.12. The third-order valence-electron chi connectivity index (χ3n) is 4.32. The molecule has 10 heteroatoms. The van der Waals surface area contributed by atoms with Crippen LogP contribution in [-0.2, 0) is 11.3 Å². The lowest BCUT2D eigenvalue weighted by atomic mass is 10.2. The summed E-state index contributed by atoms with van der Waals surface area (Å²) in [6.07, 6.45) is 0. The van der Waals surface area contributed by atoms with E-state index >= 15 is 0 Å². The first kappa shape index (κ1) is 20.0. The highest BCUT2D eigenvalue weighted by molar-refractivity contribution is 7.20. The normalized spacial score (nSPS) is 10.9. The molecule has 0 unspecified atom stereocenters. The van der Waals surface area contributed by atoms with Crippen LogP contribution in [0.4, 0.5) is 5.69 Å². The lowest BCUT2D eigenvalue weighted by molar-refractivity contribution is -0.117. The highest BCUT2D eigenvalue weighted by Gasteiger charge is 2.18. The number of hydrogen-bond donors (Lipinski definition) is 1. The van der Waals surface area contributed by atoms with E-state index in [4.69, 9.17) is 9.47 Å². The molecule has 0 spiro atoms. The van der Waals surface area contributed by atoms with Crippen molar-refractivity contribution in [1.82, 2.24) is 14.8 Å². The quantitative estimate of drug-likeness (QED) is 0.491. The molecule has 0 saturated heterocycles. The Hall–Kier alpha value is -3.24. The second-order valence-electron chi connectivity index (χ2n) is 6.32. The molecule has 0 aliphatic heterocycles. The summed E-state index contributed by atoms with van der Waals surface area (Å²) in [4.78, 5) is 30.8. The minimum Gasteiger partial charge on any atom is -0.493 e. The zero-order valence-electron chi connectivity index (χ0n) is 16.5. The van der Waals surface area contributed by atoms with Crippen LogP contribution in [0.1, 0.15) is 5.01 Å². The molecule has 154 valence electrons. The molecule has 0 bridgehead atoms. The molecule has 0 saturated carbocycles. The van der Waals surface area contributed by atoms with E-state index in [9.17, 15) is 9.59 Å². The number of nitrogens with zero attached hydrogens (tertiary/aromatic N) is 3. The zero-order chi connectivity index (χ0) is 21.3. The largest absolute Gasteiger partial charge is 0.493 e. The van der Waals surface area contributed by atoms with Crippen molar-refractivity contribution >= 4 is 44.5 Å². The molecule has 4 aromatic rings. The van der Waals surface area contributed by atoms with Gasteiger partial charge in [-0.25, -0.2) is 9.67 Å². The van der Waals surface area contributed by atoms with Gasteiger partial charge in [-0.1, -0.05) is 6.07 Å². The number of carbonyl (C=O) groups is 1. The van der Waals surface area contributed by atoms with Gasteiger partial charge in [-0.3, -0.25) is 9.59 Å². The Morgan fingerprint density at radius 3 is 2.70 bits per heavy atom. The van der Waals surface area contributed by atoms with E-state index in [1.54, 1.807) is 18.2 Å². The van der Waals surface area contributed by atoms with Crippen LogP contribution in [0, 0.1) is 6.92 Å². The van der Waals surface area contributed by atoms with Crippen molar-refractivity contribution in [1.29, 1.82) is 0 Å². The second-order valence-corrected chi connectivity index (χ2v) is 8.47. The van der Waals surface area contributed by atoms with E-state index in [1.807, 2.05) is 24.4 Å². The molecule has 0 atom stereocenters. The van der Waals surface area contributed by atoms with Gasteiger partial charge in [-0.05, 0) is 30.5 Å². The molecule has 30 heavy (non-hydrogen) atoms. The summed E-state index contributed by atoms with van der Waals surface area (Å²) in [6, 6.07) is 8.88. The lowest BCUT2D eigenvalue weighted by Crippen LogP contribution is -2.30. The number of ether oxygens (including phenoxy) is 2. The van der Waals surface area contributed by atoms with Crippen molar-refractivity contribution in [2.24, 2.45) is 0 Å². The average molecular weight is 443 g/mol. The molecule has 1 aromatic carbocycles. The van der Waals surface area contributed by atoms with Crippen molar-refractivity contribution < 1.29 is 14.3 Å². The van der Waals surface area contributed by atoms with Crippen molar-refractivity contribution in [2.75, 3.05) is 19.5 Å². The van der Waals surface area contributed by atoms with Crippen LogP contribution in [0.25, 0.3) is 20.8 Å². The minimum atomic E-state index is -0.392. The lowest BCUT2D eigenvalue weighted by Gasteiger charge is -2.11. The van der Waals surface area contributed by atoms with Crippen molar-refractivity contribution in [2.45, 2.75) is 13.5 Å². The first-order valence-corrected chi connectivity index (χ1v) is 10.6. The van der Waals surface area contributed by atoms with Gasteiger partial charge >= 0.3 is 0 Å². The second kappa shape index (κ2) is 8.25. The molecule has 0 fully saturated rings. The molecule has 1 N–H and O–H groups in total. The Labute approximate surface area is 179 Å². The van der Waals surface area contributed by atoms with Gasteiger partial charge in [0.25, 0.3) is 5.56 Å². The third-order valence-corrected chi connectivity index (χ3v) is 6.18. The van der Waals surface area contributed by atoms with Gasteiger partial charge < -0.3 is 14.8 Å². The maximum absolute atomic E-state index is 12.9. The van der Waals surface area contributed by atoms with E-state index < -0.39 is 5.56 Å². The Bertz CT molecular complexity index is 1280. The number of carbonyl (C=O) groups excluding carboxylic acids is 1. The summed E-state index contributed by atoms with van der Waals surface area (Å²) in [5, 5.41) is 9.95. The fourth-order valence-electron chi connectivity index (χ4n) is 3.00. The van der Waals surface area contributed by atoms with Gasteiger partial charge in [0.15, 0.2) is 17.0 Å². The molecule has 1 amide bonds. The van der Waals surface area contributed by atoms with Gasteiger partial charge in [0.1, 0.15) is 12.2 Å². The van der Waals surface area contributed by atoms with Crippen LogP contribution in [0.15, 0.2) is 40.5 Å². The molecule has 4 rings (SSSR count). The van der Waals surface area contributed by atoms with Crippen LogP contribution >= 0.6 is 22.7 Å². The number of methoxy groups -OCH3 is 2. The smallest absolute Gasteiger partial charge is 0.294 e. The van der Waals surface area contributed by atoms with Crippen molar-refractivity contribution in [3.63, 3.8) is 0 Å². The number of anilines is 1. The zero-order valence-corrected chi connectivity index (χ0v) is 18.1. The van der Waals surface area contributed by atoms with Crippen LogP contribution in [-0.4, -0.2) is 34.9 Å². The van der Waals surface area contributed by atoms with E-state index in [1.165, 1.54) is 36.9 Å². The Balaban J connectivity index is 1.66. The Morgan fingerprint density at radius 1 is 1.20 bits per heavy atom.